The first-order valence-corrected chi connectivity index (χ1v) is 6.99. The van der Waals surface area contributed by atoms with E-state index in [1.54, 1.807) is 19.0 Å². The molecule has 1 N–H and O–H groups in total. The Hall–Kier alpha value is -0.870. The number of hydrogen-bond donors (Lipinski definition) is 1. The van der Waals surface area contributed by atoms with Crippen molar-refractivity contribution in [2.75, 3.05) is 20.6 Å². The van der Waals surface area contributed by atoms with E-state index >= 15 is 0 Å². The maximum absolute atomic E-state index is 11.4. The predicted molar refractivity (Wildman–Crippen MR) is 78.5 cm³/mol. The van der Waals surface area contributed by atoms with E-state index < -0.39 is 0 Å². The molecule has 1 aromatic carbocycles. The van der Waals surface area contributed by atoms with Crippen LogP contribution in [0.3, 0.4) is 0 Å². The molecule has 0 aliphatic carbocycles. The SMILES string of the molecule is C[C@@H](NCCCC(=O)N(C)C)c1ccc(Br)cc1. The second-order valence-corrected chi connectivity index (χ2v) is 5.53. The van der Waals surface area contributed by atoms with E-state index in [2.05, 4.69) is 40.3 Å². The summed E-state index contributed by atoms with van der Waals surface area (Å²) >= 11 is 3.43. The summed E-state index contributed by atoms with van der Waals surface area (Å²) in [7, 11) is 3.58. The molecule has 0 saturated heterocycles. The summed E-state index contributed by atoms with van der Waals surface area (Å²) < 4.78 is 1.09. The highest BCUT2D eigenvalue weighted by Crippen LogP contribution is 2.16. The topological polar surface area (TPSA) is 32.3 Å². The number of hydrogen-bond acceptors (Lipinski definition) is 2. The first-order chi connectivity index (χ1) is 8.50. The highest BCUT2D eigenvalue weighted by atomic mass is 79.9. The quantitative estimate of drug-likeness (QED) is 0.819. The molecule has 0 radical (unpaired) electrons. The van der Waals surface area contributed by atoms with Crippen LogP contribution in [0.4, 0.5) is 0 Å². The number of nitrogens with zero attached hydrogens (tertiary/aromatic N) is 1. The minimum absolute atomic E-state index is 0.188. The average molecular weight is 313 g/mol. The first-order valence-electron chi connectivity index (χ1n) is 6.19. The number of rotatable bonds is 6. The van der Waals surface area contributed by atoms with E-state index in [9.17, 15) is 4.79 Å². The fourth-order valence-corrected chi connectivity index (χ4v) is 1.92. The molecule has 0 spiro atoms. The summed E-state index contributed by atoms with van der Waals surface area (Å²) in [6.07, 6.45) is 1.48. The van der Waals surface area contributed by atoms with Gasteiger partial charge in [-0.15, -0.1) is 0 Å². The van der Waals surface area contributed by atoms with Gasteiger partial charge in [0.1, 0.15) is 0 Å². The van der Waals surface area contributed by atoms with E-state index in [1.165, 1.54) is 5.56 Å². The number of benzene rings is 1. The van der Waals surface area contributed by atoms with Crippen LogP contribution in [-0.2, 0) is 4.79 Å². The Morgan fingerprint density at radius 3 is 2.50 bits per heavy atom. The third-order valence-corrected chi connectivity index (χ3v) is 3.42. The molecule has 0 bridgehead atoms. The summed E-state index contributed by atoms with van der Waals surface area (Å²) in [5.74, 6) is 0.188. The molecule has 1 aromatic rings. The zero-order valence-electron chi connectivity index (χ0n) is 11.2. The Bertz CT molecular complexity index is 376. The molecule has 0 saturated carbocycles. The molecule has 0 aliphatic rings. The van der Waals surface area contributed by atoms with Crippen LogP contribution in [0.2, 0.25) is 0 Å². The fraction of sp³-hybridized carbons (Fsp3) is 0.500. The largest absolute Gasteiger partial charge is 0.349 e. The van der Waals surface area contributed by atoms with Gasteiger partial charge in [-0.3, -0.25) is 4.79 Å². The smallest absolute Gasteiger partial charge is 0.222 e. The monoisotopic (exact) mass is 312 g/mol. The van der Waals surface area contributed by atoms with Crippen LogP contribution in [0.15, 0.2) is 28.7 Å². The standard InChI is InChI=1S/C14H21BrN2O/c1-11(12-6-8-13(15)9-7-12)16-10-4-5-14(18)17(2)3/h6-9,11,16H,4-5,10H2,1-3H3/t11-/m1/s1. The van der Waals surface area contributed by atoms with Crippen LogP contribution in [0.5, 0.6) is 0 Å². The molecular weight excluding hydrogens is 292 g/mol. The third kappa shape index (κ3) is 5.19. The zero-order valence-corrected chi connectivity index (χ0v) is 12.8. The van der Waals surface area contributed by atoms with Gasteiger partial charge in [0.05, 0.1) is 0 Å². The summed E-state index contributed by atoms with van der Waals surface area (Å²) in [5, 5.41) is 3.43. The molecule has 1 rings (SSSR count). The van der Waals surface area contributed by atoms with E-state index in [0.717, 1.165) is 17.4 Å². The van der Waals surface area contributed by atoms with Gasteiger partial charge in [-0.2, -0.15) is 0 Å². The normalized spacial score (nSPS) is 12.2. The second-order valence-electron chi connectivity index (χ2n) is 4.62. The van der Waals surface area contributed by atoms with Crippen LogP contribution in [-0.4, -0.2) is 31.4 Å². The molecule has 4 heteroatoms. The number of carbonyl (C=O) groups is 1. The highest BCUT2D eigenvalue weighted by Gasteiger charge is 2.06. The van der Waals surface area contributed by atoms with Gasteiger partial charge < -0.3 is 10.2 Å². The van der Waals surface area contributed by atoms with Crippen molar-refractivity contribution in [1.82, 2.24) is 10.2 Å². The lowest BCUT2D eigenvalue weighted by Gasteiger charge is -2.15. The maximum atomic E-state index is 11.4. The highest BCUT2D eigenvalue weighted by molar-refractivity contribution is 9.10. The van der Waals surface area contributed by atoms with Gasteiger partial charge in [0.25, 0.3) is 0 Å². The van der Waals surface area contributed by atoms with Crippen LogP contribution in [0.1, 0.15) is 31.4 Å². The van der Waals surface area contributed by atoms with Gasteiger partial charge in [-0.25, -0.2) is 0 Å². The lowest BCUT2D eigenvalue weighted by molar-refractivity contribution is -0.128. The molecule has 0 fully saturated rings. The summed E-state index contributed by atoms with van der Waals surface area (Å²) in [5.41, 5.74) is 1.26. The minimum atomic E-state index is 0.188. The minimum Gasteiger partial charge on any atom is -0.349 e. The van der Waals surface area contributed by atoms with Crippen molar-refractivity contribution in [3.63, 3.8) is 0 Å². The molecule has 100 valence electrons. The summed E-state index contributed by atoms with van der Waals surface area (Å²) in [4.78, 5) is 13.0. The van der Waals surface area contributed by atoms with Crippen LogP contribution < -0.4 is 5.32 Å². The van der Waals surface area contributed by atoms with Crippen molar-refractivity contribution in [2.24, 2.45) is 0 Å². The lowest BCUT2D eigenvalue weighted by atomic mass is 10.1. The van der Waals surface area contributed by atoms with Crippen molar-refractivity contribution in [3.8, 4) is 0 Å². The van der Waals surface area contributed by atoms with Gasteiger partial charge >= 0.3 is 0 Å². The van der Waals surface area contributed by atoms with E-state index in [-0.39, 0.29) is 5.91 Å². The van der Waals surface area contributed by atoms with E-state index in [4.69, 9.17) is 0 Å². The Morgan fingerprint density at radius 2 is 1.94 bits per heavy atom. The lowest BCUT2D eigenvalue weighted by Crippen LogP contribution is -2.24. The molecule has 1 atom stereocenters. The third-order valence-electron chi connectivity index (χ3n) is 2.89. The Balaban J connectivity index is 2.27. The van der Waals surface area contributed by atoms with Crippen molar-refractivity contribution in [1.29, 1.82) is 0 Å². The van der Waals surface area contributed by atoms with Crippen LogP contribution in [0.25, 0.3) is 0 Å². The number of carbonyl (C=O) groups excluding carboxylic acids is 1. The summed E-state index contributed by atoms with van der Waals surface area (Å²) in [6.45, 7) is 2.99. The Morgan fingerprint density at radius 1 is 1.33 bits per heavy atom. The Labute approximate surface area is 118 Å². The van der Waals surface area contributed by atoms with Crippen molar-refractivity contribution in [2.45, 2.75) is 25.8 Å². The molecular formula is C14H21BrN2O. The van der Waals surface area contributed by atoms with Crippen LogP contribution >= 0.6 is 15.9 Å². The fourth-order valence-electron chi connectivity index (χ4n) is 1.65. The van der Waals surface area contributed by atoms with Crippen molar-refractivity contribution >= 4 is 21.8 Å². The van der Waals surface area contributed by atoms with Crippen LogP contribution in [0, 0.1) is 0 Å². The molecule has 0 aliphatic heterocycles. The number of halogens is 1. The summed E-state index contributed by atoms with van der Waals surface area (Å²) in [6, 6.07) is 8.61. The van der Waals surface area contributed by atoms with Gasteiger partial charge in [0.15, 0.2) is 0 Å². The zero-order chi connectivity index (χ0) is 13.5. The molecule has 1 amide bonds. The molecule has 0 heterocycles. The molecule has 0 aromatic heterocycles. The van der Waals surface area contributed by atoms with Gasteiger partial charge in [0, 0.05) is 31.0 Å². The van der Waals surface area contributed by atoms with E-state index in [0.29, 0.717) is 12.5 Å². The Kier molecular flexibility index (Phi) is 6.36. The van der Waals surface area contributed by atoms with Gasteiger partial charge in [0.2, 0.25) is 5.91 Å². The predicted octanol–water partition coefficient (Wildman–Crippen LogP) is 2.97. The van der Waals surface area contributed by atoms with Crippen molar-refractivity contribution in [3.05, 3.63) is 34.3 Å². The molecule has 0 unspecified atom stereocenters. The second kappa shape index (κ2) is 7.54. The average Bonchev–Trinajstić information content (AvgIpc) is 2.34. The first kappa shape index (κ1) is 15.2. The number of amides is 1. The molecule has 18 heavy (non-hydrogen) atoms. The van der Waals surface area contributed by atoms with Crippen molar-refractivity contribution < 1.29 is 4.79 Å². The molecule has 3 nitrogen and oxygen atoms in total. The number of nitrogens with one attached hydrogen (secondary N) is 1. The maximum Gasteiger partial charge on any atom is 0.222 e. The van der Waals surface area contributed by atoms with Gasteiger partial charge in [-0.1, -0.05) is 28.1 Å². The van der Waals surface area contributed by atoms with E-state index in [1.807, 2.05) is 12.1 Å². The van der Waals surface area contributed by atoms with Gasteiger partial charge in [-0.05, 0) is 37.6 Å².